The molecule has 0 aliphatic carbocycles. The summed E-state index contributed by atoms with van der Waals surface area (Å²) in [5.74, 6) is -1.13. The fourth-order valence-corrected chi connectivity index (χ4v) is 3.90. The first-order valence-electron chi connectivity index (χ1n) is 10.1. The molecule has 4 amide bonds. The van der Waals surface area contributed by atoms with Crippen LogP contribution in [-0.4, -0.2) is 78.2 Å². The highest BCUT2D eigenvalue weighted by atomic mass is 35.5. The minimum atomic E-state index is -0.558. The summed E-state index contributed by atoms with van der Waals surface area (Å²) in [7, 11) is 1.56. The standard InChI is InChI=1S/C21H26ClN3O5/c1-13(22)19(27)24-9-6-15(7-10-24)23-18(26)14-4-5-16-17(12-14)21(29)25(20(16)28)8-3-11-30-2/h4-5,12-13,15H,3,6-11H2,1-2H3,(H,23,26). The largest absolute Gasteiger partial charge is 0.385 e. The Labute approximate surface area is 180 Å². The van der Waals surface area contributed by atoms with Gasteiger partial charge >= 0.3 is 0 Å². The fraction of sp³-hybridized carbons (Fsp3) is 0.524. The summed E-state index contributed by atoms with van der Waals surface area (Å²) < 4.78 is 4.97. The van der Waals surface area contributed by atoms with E-state index in [0.717, 1.165) is 0 Å². The summed E-state index contributed by atoms with van der Waals surface area (Å²) in [5.41, 5.74) is 0.902. The highest BCUT2D eigenvalue weighted by molar-refractivity contribution is 6.30. The number of methoxy groups -OCH3 is 1. The summed E-state index contributed by atoms with van der Waals surface area (Å²) in [6.45, 7) is 3.45. The number of halogens is 1. The number of piperidine rings is 1. The van der Waals surface area contributed by atoms with Crippen molar-refractivity contribution in [1.82, 2.24) is 15.1 Å². The highest BCUT2D eigenvalue weighted by Crippen LogP contribution is 2.24. The van der Waals surface area contributed by atoms with Gasteiger partial charge in [-0.2, -0.15) is 0 Å². The zero-order valence-electron chi connectivity index (χ0n) is 17.2. The molecule has 1 aromatic rings. The first kappa shape index (κ1) is 22.2. The Morgan fingerprint density at radius 3 is 2.50 bits per heavy atom. The number of nitrogens with zero attached hydrogens (tertiary/aromatic N) is 2. The van der Waals surface area contributed by atoms with E-state index in [-0.39, 0.29) is 41.8 Å². The van der Waals surface area contributed by atoms with Gasteiger partial charge in [0.05, 0.1) is 11.1 Å². The molecule has 2 heterocycles. The van der Waals surface area contributed by atoms with Crippen LogP contribution in [0.25, 0.3) is 0 Å². The molecule has 1 N–H and O–H groups in total. The second kappa shape index (κ2) is 9.57. The van der Waals surface area contributed by atoms with Crippen molar-refractivity contribution in [3.05, 3.63) is 34.9 Å². The second-order valence-electron chi connectivity index (χ2n) is 7.56. The van der Waals surface area contributed by atoms with Crippen LogP contribution in [0.3, 0.4) is 0 Å². The predicted molar refractivity (Wildman–Crippen MR) is 111 cm³/mol. The lowest BCUT2D eigenvalue weighted by atomic mass is 10.0. The molecular formula is C21H26ClN3O5. The normalized spacial score (nSPS) is 17.8. The van der Waals surface area contributed by atoms with Gasteiger partial charge in [-0.1, -0.05) is 0 Å². The average Bonchev–Trinajstić information content (AvgIpc) is 2.98. The van der Waals surface area contributed by atoms with Crippen molar-refractivity contribution in [3.63, 3.8) is 0 Å². The van der Waals surface area contributed by atoms with Crippen molar-refractivity contribution in [1.29, 1.82) is 0 Å². The molecule has 2 aliphatic heterocycles. The van der Waals surface area contributed by atoms with Crippen LogP contribution in [0, 0.1) is 0 Å². The number of ether oxygens (including phenoxy) is 1. The summed E-state index contributed by atoms with van der Waals surface area (Å²) >= 11 is 5.85. The van der Waals surface area contributed by atoms with Gasteiger partial charge in [-0.15, -0.1) is 11.6 Å². The third-order valence-corrected chi connectivity index (χ3v) is 5.63. The lowest BCUT2D eigenvalue weighted by Gasteiger charge is -2.33. The van der Waals surface area contributed by atoms with E-state index in [4.69, 9.17) is 16.3 Å². The lowest BCUT2D eigenvalue weighted by Crippen LogP contribution is -2.48. The van der Waals surface area contributed by atoms with Gasteiger partial charge < -0.3 is 15.0 Å². The number of imide groups is 1. The third-order valence-electron chi connectivity index (χ3n) is 5.45. The maximum absolute atomic E-state index is 12.7. The van der Waals surface area contributed by atoms with Crippen LogP contribution in [0.4, 0.5) is 0 Å². The van der Waals surface area contributed by atoms with Gasteiger partial charge in [0, 0.05) is 45.0 Å². The molecule has 9 heteroatoms. The van der Waals surface area contributed by atoms with Crippen LogP contribution >= 0.6 is 11.6 Å². The Morgan fingerprint density at radius 1 is 1.20 bits per heavy atom. The van der Waals surface area contributed by atoms with Crippen molar-refractivity contribution in [3.8, 4) is 0 Å². The quantitative estimate of drug-likeness (QED) is 0.399. The summed E-state index contributed by atoms with van der Waals surface area (Å²) in [5, 5.41) is 2.40. The maximum atomic E-state index is 12.7. The highest BCUT2D eigenvalue weighted by Gasteiger charge is 2.35. The van der Waals surface area contributed by atoms with Gasteiger partial charge in [0.1, 0.15) is 5.38 Å². The summed E-state index contributed by atoms with van der Waals surface area (Å²) in [4.78, 5) is 52.6. The van der Waals surface area contributed by atoms with Crippen LogP contribution in [0.1, 0.15) is 57.3 Å². The minimum Gasteiger partial charge on any atom is -0.385 e. The SMILES string of the molecule is COCCCN1C(=O)c2ccc(C(=O)NC3CCN(C(=O)C(C)Cl)CC3)cc2C1=O. The molecule has 0 radical (unpaired) electrons. The Balaban J connectivity index is 1.61. The Hall–Kier alpha value is -2.45. The van der Waals surface area contributed by atoms with Crippen LogP contribution in [0.15, 0.2) is 18.2 Å². The minimum absolute atomic E-state index is 0.0664. The summed E-state index contributed by atoms with van der Waals surface area (Å²) in [6, 6.07) is 4.51. The van der Waals surface area contributed by atoms with Crippen LogP contribution in [-0.2, 0) is 9.53 Å². The van der Waals surface area contributed by atoms with Gasteiger partial charge in [-0.3, -0.25) is 24.1 Å². The Kier molecular flexibility index (Phi) is 7.10. The molecule has 1 unspecified atom stereocenters. The van der Waals surface area contributed by atoms with Crippen molar-refractivity contribution in [2.75, 3.05) is 33.4 Å². The number of likely N-dealkylation sites (tertiary alicyclic amines) is 1. The molecule has 0 aromatic heterocycles. The Morgan fingerprint density at radius 2 is 1.87 bits per heavy atom. The van der Waals surface area contributed by atoms with E-state index in [1.54, 1.807) is 25.0 Å². The molecular weight excluding hydrogens is 410 g/mol. The van der Waals surface area contributed by atoms with Crippen LogP contribution < -0.4 is 5.32 Å². The predicted octanol–water partition coefficient (Wildman–Crippen LogP) is 1.67. The first-order valence-corrected chi connectivity index (χ1v) is 10.5. The molecule has 1 atom stereocenters. The topological polar surface area (TPSA) is 96.0 Å². The number of alkyl halides is 1. The molecule has 0 spiro atoms. The van der Waals surface area contributed by atoms with E-state index in [1.807, 2.05) is 0 Å². The number of hydrogen-bond acceptors (Lipinski definition) is 5. The number of nitrogens with one attached hydrogen (secondary N) is 1. The number of carbonyl (C=O) groups is 4. The van der Waals surface area contributed by atoms with Gasteiger partial charge in [0.15, 0.2) is 0 Å². The molecule has 2 aliphatic rings. The number of carbonyl (C=O) groups excluding carboxylic acids is 4. The second-order valence-corrected chi connectivity index (χ2v) is 8.21. The third kappa shape index (κ3) is 4.65. The molecule has 3 rings (SSSR count). The molecule has 1 fully saturated rings. The van der Waals surface area contributed by atoms with E-state index in [0.29, 0.717) is 50.1 Å². The van der Waals surface area contributed by atoms with Crippen LogP contribution in [0.5, 0.6) is 0 Å². The summed E-state index contributed by atoms with van der Waals surface area (Å²) in [6.07, 6.45) is 1.83. The van der Waals surface area contributed by atoms with Gasteiger partial charge in [-0.05, 0) is 44.4 Å². The van der Waals surface area contributed by atoms with Gasteiger partial charge in [0.2, 0.25) is 5.91 Å². The maximum Gasteiger partial charge on any atom is 0.261 e. The molecule has 1 aromatic carbocycles. The van der Waals surface area contributed by atoms with E-state index < -0.39 is 5.38 Å². The number of fused-ring (bicyclic) bond motifs is 1. The van der Waals surface area contributed by atoms with E-state index in [9.17, 15) is 19.2 Å². The number of hydrogen-bond donors (Lipinski definition) is 1. The first-order chi connectivity index (χ1) is 14.3. The number of amides is 4. The van der Waals surface area contributed by atoms with Gasteiger partial charge in [0.25, 0.3) is 17.7 Å². The van der Waals surface area contributed by atoms with E-state index in [1.165, 1.54) is 17.0 Å². The van der Waals surface area contributed by atoms with Crippen LogP contribution in [0.2, 0.25) is 0 Å². The zero-order valence-corrected chi connectivity index (χ0v) is 17.9. The van der Waals surface area contributed by atoms with E-state index in [2.05, 4.69) is 5.32 Å². The van der Waals surface area contributed by atoms with Crippen molar-refractivity contribution >= 4 is 35.2 Å². The smallest absolute Gasteiger partial charge is 0.261 e. The number of benzene rings is 1. The van der Waals surface area contributed by atoms with Crippen molar-refractivity contribution in [2.24, 2.45) is 0 Å². The lowest BCUT2D eigenvalue weighted by molar-refractivity contribution is -0.131. The van der Waals surface area contributed by atoms with E-state index >= 15 is 0 Å². The average molecular weight is 436 g/mol. The fourth-order valence-electron chi connectivity index (χ4n) is 3.77. The number of rotatable bonds is 7. The molecule has 162 valence electrons. The van der Waals surface area contributed by atoms with Gasteiger partial charge in [-0.25, -0.2) is 0 Å². The molecule has 30 heavy (non-hydrogen) atoms. The monoisotopic (exact) mass is 435 g/mol. The van der Waals surface area contributed by atoms with Crippen molar-refractivity contribution < 1.29 is 23.9 Å². The molecule has 8 nitrogen and oxygen atoms in total. The van der Waals surface area contributed by atoms with Crippen molar-refractivity contribution in [2.45, 2.75) is 37.6 Å². The zero-order chi connectivity index (χ0) is 21.8. The molecule has 1 saturated heterocycles. The Bertz CT molecular complexity index is 849. The molecule has 0 bridgehead atoms. The molecule has 0 saturated carbocycles.